The van der Waals surface area contributed by atoms with E-state index in [4.69, 9.17) is 4.74 Å². The van der Waals surface area contributed by atoms with Gasteiger partial charge in [-0.1, -0.05) is 12.1 Å². The zero-order chi connectivity index (χ0) is 25.6. The maximum Gasteiger partial charge on any atom is 0.262 e. The highest BCUT2D eigenvalue weighted by Crippen LogP contribution is 2.46. The lowest BCUT2D eigenvalue weighted by Gasteiger charge is -2.31. The molecule has 0 bridgehead atoms. The SMILES string of the molecule is CC1(C)Cc2c(sc(N3CCOCC3)c2-c2ccnc(-c3cccc(C(=O)N4CCCC4)c3)c2)C(=O)N1. The van der Waals surface area contributed by atoms with Gasteiger partial charge in [0.15, 0.2) is 0 Å². The fraction of sp³-hybridized carbons (Fsp3) is 0.414. The molecule has 1 N–H and O–H groups in total. The number of nitrogens with one attached hydrogen (secondary N) is 1. The molecular weight excluding hydrogens is 484 g/mol. The highest BCUT2D eigenvalue weighted by molar-refractivity contribution is 7.19. The Morgan fingerprint density at radius 1 is 1.05 bits per heavy atom. The maximum atomic E-state index is 13.1. The van der Waals surface area contributed by atoms with Crippen molar-refractivity contribution in [1.29, 1.82) is 0 Å². The van der Waals surface area contributed by atoms with Crippen LogP contribution in [-0.4, -0.2) is 66.6 Å². The smallest absolute Gasteiger partial charge is 0.262 e. The van der Waals surface area contributed by atoms with Crippen LogP contribution in [0.4, 0.5) is 5.00 Å². The number of thiophene rings is 1. The number of rotatable bonds is 4. The third-order valence-corrected chi connectivity index (χ3v) is 8.70. The van der Waals surface area contributed by atoms with Gasteiger partial charge in [-0.3, -0.25) is 14.6 Å². The number of carbonyl (C=O) groups is 2. The molecular formula is C29H32N4O3S. The Morgan fingerprint density at radius 3 is 2.62 bits per heavy atom. The van der Waals surface area contributed by atoms with Crippen molar-refractivity contribution in [1.82, 2.24) is 15.2 Å². The molecule has 0 radical (unpaired) electrons. The van der Waals surface area contributed by atoms with Crippen molar-refractivity contribution >= 4 is 28.2 Å². The number of anilines is 1. The molecule has 3 aliphatic rings. The molecule has 0 spiro atoms. The Hall–Kier alpha value is -3.23. The number of carbonyl (C=O) groups excluding carboxylic acids is 2. The fourth-order valence-electron chi connectivity index (χ4n) is 5.60. The molecule has 7 nitrogen and oxygen atoms in total. The first-order chi connectivity index (χ1) is 17.9. The molecule has 2 aromatic heterocycles. The second-order valence-corrected chi connectivity index (χ2v) is 11.7. The molecule has 3 aliphatic heterocycles. The van der Waals surface area contributed by atoms with E-state index in [0.29, 0.717) is 18.8 Å². The maximum absolute atomic E-state index is 13.1. The summed E-state index contributed by atoms with van der Waals surface area (Å²) in [7, 11) is 0. The molecule has 192 valence electrons. The predicted molar refractivity (Wildman–Crippen MR) is 146 cm³/mol. The lowest BCUT2D eigenvalue weighted by molar-refractivity contribution is 0.0792. The van der Waals surface area contributed by atoms with Crippen molar-refractivity contribution in [2.45, 2.75) is 38.6 Å². The lowest BCUT2D eigenvalue weighted by Crippen LogP contribution is -2.48. The van der Waals surface area contributed by atoms with E-state index in [0.717, 1.165) is 83.3 Å². The van der Waals surface area contributed by atoms with Gasteiger partial charge in [-0.2, -0.15) is 0 Å². The molecule has 2 fully saturated rings. The average molecular weight is 517 g/mol. The largest absolute Gasteiger partial charge is 0.378 e. The molecule has 5 heterocycles. The quantitative estimate of drug-likeness (QED) is 0.548. The van der Waals surface area contributed by atoms with E-state index in [1.54, 1.807) is 11.3 Å². The second kappa shape index (κ2) is 9.58. The van der Waals surface area contributed by atoms with Crippen molar-refractivity contribution in [3.63, 3.8) is 0 Å². The number of benzene rings is 1. The molecule has 0 saturated carbocycles. The van der Waals surface area contributed by atoms with E-state index in [9.17, 15) is 9.59 Å². The summed E-state index contributed by atoms with van der Waals surface area (Å²) in [6.45, 7) is 8.77. The highest BCUT2D eigenvalue weighted by Gasteiger charge is 2.36. The van der Waals surface area contributed by atoms with Crippen LogP contribution in [0, 0.1) is 0 Å². The Bertz CT molecular complexity index is 1350. The zero-order valence-electron chi connectivity index (χ0n) is 21.4. The molecule has 2 amide bonds. The Morgan fingerprint density at radius 2 is 1.84 bits per heavy atom. The van der Waals surface area contributed by atoms with Crippen LogP contribution in [-0.2, 0) is 11.2 Å². The molecule has 1 aromatic carbocycles. The normalized spacial score (nSPS) is 19.0. The first kappa shape index (κ1) is 24.1. The number of fused-ring (bicyclic) bond motifs is 1. The zero-order valence-corrected chi connectivity index (χ0v) is 22.2. The van der Waals surface area contributed by atoms with Crippen molar-refractivity contribution in [3.8, 4) is 22.4 Å². The summed E-state index contributed by atoms with van der Waals surface area (Å²) in [5.41, 5.74) is 5.40. The molecule has 2 saturated heterocycles. The summed E-state index contributed by atoms with van der Waals surface area (Å²) in [6, 6.07) is 11.9. The van der Waals surface area contributed by atoms with E-state index in [2.05, 4.69) is 35.1 Å². The van der Waals surface area contributed by atoms with E-state index in [1.165, 1.54) is 0 Å². The van der Waals surface area contributed by atoms with E-state index in [-0.39, 0.29) is 17.4 Å². The summed E-state index contributed by atoms with van der Waals surface area (Å²) in [5.74, 6) is 0.0877. The van der Waals surface area contributed by atoms with Gasteiger partial charge in [0.2, 0.25) is 0 Å². The highest BCUT2D eigenvalue weighted by atomic mass is 32.1. The monoisotopic (exact) mass is 516 g/mol. The Kier molecular flexibility index (Phi) is 6.24. The minimum atomic E-state index is -0.317. The molecule has 6 rings (SSSR count). The first-order valence-corrected chi connectivity index (χ1v) is 13.9. The standard InChI is InChI=1S/C29H32N4O3S/c1-29(2)18-22-24(28(33-12-14-36-15-13-33)37-25(22)26(34)31-29)20-8-9-30-23(17-20)19-6-5-7-21(16-19)27(35)32-10-3-4-11-32/h5-9,16-17H,3-4,10-15,18H2,1-2H3,(H,31,34). The number of likely N-dealkylation sites (tertiary alicyclic amines) is 1. The lowest BCUT2D eigenvalue weighted by atomic mass is 9.87. The van der Waals surface area contributed by atoms with Gasteiger partial charge in [0.25, 0.3) is 11.8 Å². The van der Waals surface area contributed by atoms with Crippen LogP contribution < -0.4 is 10.2 Å². The van der Waals surface area contributed by atoms with Gasteiger partial charge in [0.05, 0.1) is 23.8 Å². The third-order valence-electron chi connectivity index (χ3n) is 7.41. The minimum absolute atomic E-state index is 0.000541. The number of ether oxygens (including phenoxy) is 1. The molecule has 0 atom stereocenters. The van der Waals surface area contributed by atoms with E-state index < -0.39 is 0 Å². The van der Waals surface area contributed by atoms with Gasteiger partial charge in [-0.05, 0) is 68.5 Å². The van der Waals surface area contributed by atoms with Crippen LogP contribution in [0.5, 0.6) is 0 Å². The van der Waals surface area contributed by atoms with Crippen LogP contribution in [0.15, 0.2) is 42.6 Å². The fourth-order valence-corrected chi connectivity index (χ4v) is 6.89. The Balaban J connectivity index is 1.42. The third kappa shape index (κ3) is 4.64. The number of amides is 2. The molecule has 3 aromatic rings. The van der Waals surface area contributed by atoms with Gasteiger partial charge in [0, 0.05) is 54.6 Å². The molecule has 0 aliphatic carbocycles. The van der Waals surface area contributed by atoms with E-state index >= 15 is 0 Å². The van der Waals surface area contributed by atoms with Gasteiger partial charge in [-0.15, -0.1) is 11.3 Å². The predicted octanol–water partition coefficient (Wildman–Crippen LogP) is 4.61. The number of morpholine rings is 1. The summed E-state index contributed by atoms with van der Waals surface area (Å²) in [6.07, 6.45) is 4.74. The topological polar surface area (TPSA) is 74.8 Å². The van der Waals surface area contributed by atoms with Crippen molar-refractivity contribution in [2.24, 2.45) is 0 Å². The Labute approximate surface area is 221 Å². The van der Waals surface area contributed by atoms with Crippen LogP contribution in [0.2, 0.25) is 0 Å². The number of pyridine rings is 1. The summed E-state index contributed by atoms with van der Waals surface area (Å²) in [5, 5.41) is 4.29. The van der Waals surface area contributed by atoms with Crippen LogP contribution in [0.25, 0.3) is 22.4 Å². The van der Waals surface area contributed by atoms with Crippen molar-refractivity contribution in [3.05, 3.63) is 58.6 Å². The number of hydrogen-bond acceptors (Lipinski definition) is 6. The molecule has 0 unspecified atom stereocenters. The van der Waals surface area contributed by atoms with Gasteiger partial charge >= 0.3 is 0 Å². The number of hydrogen-bond donors (Lipinski definition) is 1. The van der Waals surface area contributed by atoms with Gasteiger partial charge in [0.1, 0.15) is 5.00 Å². The van der Waals surface area contributed by atoms with Crippen molar-refractivity contribution in [2.75, 3.05) is 44.3 Å². The van der Waals surface area contributed by atoms with Gasteiger partial charge < -0.3 is 19.9 Å². The number of nitrogens with zero attached hydrogens (tertiary/aromatic N) is 3. The average Bonchev–Trinajstić information content (AvgIpc) is 3.57. The molecule has 37 heavy (non-hydrogen) atoms. The number of aromatic nitrogens is 1. The summed E-state index contributed by atoms with van der Waals surface area (Å²) < 4.78 is 5.61. The second-order valence-electron chi connectivity index (χ2n) is 10.7. The van der Waals surface area contributed by atoms with Crippen LogP contribution in [0.1, 0.15) is 52.3 Å². The summed E-state index contributed by atoms with van der Waals surface area (Å²) >= 11 is 1.58. The van der Waals surface area contributed by atoms with Crippen LogP contribution in [0.3, 0.4) is 0 Å². The van der Waals surface area contributed by atoms with E-state index in [1.807, 2.05) is 41.4 Å². The summed E-state index contributed by atoms with van der Waals surface area (Å²) in [4.78, 5) is 35.9. The van der Waals surface area contributed by atoms with Crippen molar-refractivity contribution < 1.29 is 14.3 Å². The molecule has 8 heteroatoms. The van der Waals surface area contributed by atoms with Gasteiger partial charge in [-0.25, -0.2) is 0 Å². The minimum Gasteiger partial charge on any atom is -0.378 e. The van der Waals surface area contributed by atoms with Crippen LogP contribution >= 0.6 is 11.3 Å². The first-order valence-electron chi connectivity index (χ1n) is 13.1.